The average Bonchev–Trinajstić information content (AvgIpc) is 2.58. The van der Waals surface area contributed by atoms with Crippen LogP contribution in [0.1, 0.15) is 28.7 Å². The lowest BCUT2D eigenvalue weighted by molar-refractivity contribution is -0.121. The monoisotopic (exact) mass is 341 g/mol. The van der Waals surface area contributed by atoms with E-state index in [1.165, 1.54) is 5.56 Å². The van der Waals surface area contributed by atoms with Crippen molar-refractivity contribution in [3.8, 4) is 11.5 Å². The smallest absolute Gasteiger partial charge is 0.223 e. The highest BCUT2D eigenvalue weighted by molar-refractivity contribution is 5.76. The maximum absolute atomic E-state index is 12.0. The van der Waals surface area contributed by atoms with Crippen LogP contribution in [0.2, 0.25) is 0 Å². The molecule has 0 radical (unpaired) electrons. The zero-order valence-corrected chi connectivity index (χ0v) is 15.5. The summed E-state index contributed by atoms with van der Waals surface area (Å²) in [5.74, 6) is 1.70. The van der Waals surface area contributed by atoms with Crippen molar-refractivity contribution >= 4 is 5.91 Å². The van der Waals surface area contributed by atoms with E-state index >= 15 is 0 Å². The van der Waals surface area contributed by atoms with Gasteiger partial charge in [-0.25, -0.2) is 0 Å². The molecule has 4 heteroatoms. The van der Waals surface area contributed by atoms with Gasteiger partial charge in [-0.2, -0.15) is 0 Å². The third-order valence-corrected chi connectivity index (χ3v) is 4.08. The number of amides is 1. The maximum atomic E-state index is 12.0. The fourth-order valence-electron chi connectivity index (χ4n) is 2.64. The summed E-state index contributed by atoms with van der Waals surface area (Å²) >= 11 is 0. The molecule has 1 amide bonds. The van der Waals surface area contributed by atoms with E-state index in [-0.39, 0.29) is 5.91 Å². The summed E-state index contributed by atoms with van der Waals surface area (Å²) in [5, 5.41) is 2.94. The molecule has 0 aliphatic carbocycles. The number of hydrogen-bond donors (Lipinski definition) is 1. The molecule has 1 N–H and O–H groups in total. The van der Waals surface area contributed by atoms with Crippen molar-refractivity contribution in [3.05, 3.63) is 58.7 Å². The number of carbonyl (C=O) groups excluding carboxylic acids is 1. The summed E-state index contributed by atoms with van der Waals surface area (Å²) in [6.07, 6.45) is 1.09. The molecule has 0 aliphatic rings. The van der Waals surface area contributed by atoms with E-state index in [9.17, 15) is 4.79 Å². The zero-order valence-electron chi connectivity index (χ0n) is 15.5. The van der Waals surface area contributed by atoms with Gasteiger partial charge in [0.05, 0.1) is 20.1 Å². The second-order valence-corrected chi connectivity index (χ2v) is 6.28. The minimum absolute atomic E-state index is 0.00285. The van der Waals surface area contributed by atoms with Crippen LogP contribution in [0, 0.1) is 20.8 Å². The quantitative estimate of drug-likeness (QED) is 0.795. The Balaban J connectivity index is 1.74. The van der Waals surface area contributed by atoms with Crippen LogP contribution < -0.4 is 14.8 Å². The first-order valence-corrected chi connectivity index (χ1v) is 8.60. The minimum atomic E-state index is -0.00285. The Labute approximate surface area is 150 Å². The first-order valence-electron chi connectivity index (χ1n) is 8.60. The number of aryl methyl sites for hydroxylation is 3. The molecule has 134 valence electrons. The first kappa shape index (κ1) is 18.8. The fraction of sp³-hybridized carbons (Fsp3) is 0.381. The number of carbonyl (C=O) groups is 1. The Hall–Kier alpha value is -2.49. The predicted octanol–water partition coefficient (Wildman–Crippen LogP) is 3.75. The van der Waals surface area contributed by atoms with Gasteiger partial charge in [-0.15, -0.1) is 0 Å². The molecule has 0 fully saturated rings. The largest absolute Gasteiger partial charge is 0.496 e. The van der Waals surface area contributed by atoms with E-state index in [4.69, 9.17) is 9.47 Å². The van der Waals surface area contributed by atoms with Crippen molar-refractivity contribution in [1.82, 2.24) is 5.32 Å². The normalized spacial score (nSPS) is 10.4. The molecule has 25 heavy (non-hydrogen) atoms. The van der Waals surface area contributed by atoms with Gasteiger partial charge >= 0.3 is 0 Å². The number of nitrogens with one attached hydrogen (secondary N) is 1. The lowest BCUT2D eigenvalue weighted by Gasteiger charge is -2.11. The Morgan fingerprint density at radius 2 is 1.72 bits per heavy atom. The summed E-state index contributed by atoms with van der Waals surface area (Å²) in [4.78, 5) is 12.0. The summed E-state index contributed by atoms with van der Waals surface area (Å²) in [7, 11) is 1.66. The molecule has 0 unspecified atom stereocenters. The lowest BCUT2D eigenvalue weighted by Crippen LogP contribution is -2.27. The highest BCUT2D eigenvalue weighted by Crippen LogP contribution is 2.20. The summed E-state index contributed by atoms with van der Waals surface area (Å²) in [5.41, 5.74) is 4.52. The van der Waals surface area contributed by atoms with Crippen LogP contribution in [-0.4, -0.2) is 26.2 Å². The van der Waals surface area contributed by atoms with Gasteiger partial charge in [-0.05, 0) is 56.0 Å². The Morgan fingerprint density at radius 3 is 2.48 bits per heavy atom. The molecule has 0 bridgehead atoms. The number of rotatable bonds is 8. The van der Waals surface area contributed by atoms with Crippen molar-refractivity contribution in [2.75, 3.05) is 20.3 Å². The molecule has 0 saturated heterocycles. The molecule has 0 atom stereocenters. The molecule has 2 rings (SSSR count). The van der Waals surface area contributed by atoms with Crippen LogP contribution in [0.25, 0.3) is 0 Å². The van der Waals surface area contributed by atoms with Crippen LogP contribution in [0.15, 0.2) is 36.4 Å². The van der Waals surface area contributed by atoms with Crippen LogP contribution in [0.5, 0.6) is 11.5 Å². The lowest BCUT2D eigenvalue weighted by atomic mass is 10.1. The van der Waals surface area contributed by atoms with Gasteiger partial charge in [0.15, 0.2) is 0 Å². The van der Waals surface area contributed by atoms with E-state index in [0.29, 0.717) is 19.6 Å². The Kier molecular flexibility index (Phi) is 6.87. The van der Waals surface area contributed by atoms with Gasteiger partial charge in [0.2, 0.25) is 5.91 Å². The standard InChI is InChI=1S/C21H27NO3/c1-15-6-8-19(24-4)18(13-15)9-11-22-21(23)10-12-25-20-14-16(2)5-7-17(20)3/h5-8,13-14H,9-12H2,1-4H3,(H,22,23). The maximum Gasteiger partial charge on any atom is 0.223 e. The molecule has 4 nitrogen and oxygen atoms in total. The second-order valence-electron chi connectivity index (χ2n) is 6.28. The van der Waals surface area contributed by atoms with Crippen LogP contribution in [-0.2, 0) is 11.2 Å². The second kappa shape index (κ2) is 9.11. The fourth-order valence-corrected chi connectivity index (χ4v) is 2.64. The number of hydrogen-bond acceptors (Lipinski definition) is 3. The van der Waals surface area contributed by atoms with Crippen molar-refractivity contribution < 1.29 is 14.3 Å². The third kappa shape index (κ3) is 5.82. The Bertz CT molecular complexity index is 725. The highest BCUT2D eigenvalue weighted by Gasteiger charge is 2.06. The molecule has 0 heterocycles. The first-order chi connectivity index (χ1) is 12.0. The third-order valence-electron chi connectivity index (χ3n) is 4.08. The number of methoxy groups -OCH3 is 1. The van der Waals surface area contributed by atoms with Crippen LogP contribution in [0.3, 0.4) is 0 Å². The molecular weight excluding hydrogens is 314 g/mol. The van der Waals surface area contributed by atoms with E-state index in [1.54, 1.807) is 7.11 Å². The Morgan fingerprint density at radius 1 is 1.00 bits per heavy atom. The van der Waals surface area contributed by atoms with E-state index < -0.39 is 0 Å². The van der Waals surface area contributed by atoms with Crippen LogP contribution in [0.4, 0.5) is 0 Å². The average molecular weight is 341 g/mol. The molecule has 0 saturated carbocycles. The van der Waals surface area contributed by atoms with Crippen molar-refractivity contribution in [3.63, 3.8) is 0 Å². The summed E-state index contributed by atoms with van der Waals surface area (Å²) in [6, 6.07) is 12.1. The van der Waals surface area contributed by atoms with Gasteiger partial charge in [0, 0.05) is 6.54 Å². The molecule has 0 aliphatic heterocycles. The van der Waals surface area contributed by atoms with Crippen molar-refractivity contribution in [2.24, 2.45) is 0 Å². The molecular formula is C21H27NO3. The molecule has 2 aromatic rings. The van der Waals surface area contributed by atoms with Crippen molar-refractivity contribution in [1.29, 1.82) is 0 Å². The van der Waals surface area contributed by atoms with Gasteiger partial charge in [0.1, 0.15) is 11.5 Å². The SMILES string of the molecule is COc1ccc(C)cc1CCNC(=O)CCOc1cc(C)ccc1C. The minimum Gasteiger partial charge on any atom is -0.496 e. The topological polar surface area (TPSA) is 47.6 Å². The highest BCUT2D eigenvalue weighted by atomic mass is 16.5. The van der Waals surface area contributed by atoms with Gasteiger partial charge in [0.25, 0.3) is 0 Å². The van der Waals surface area contributed by atoms with Crippen LogP contribution >= 0.6 is 0 Å². The van der Waals surface area contributed by atoms with Crippen molar-refractivity contribution in [2.45, 2.75) is 33.6 Å². The van der Waals surface area contributed by atoms with E-state index in [0.717, 1.165) is 34.6 Å². The summed E-state index contributed by atoms with van der Waals surface area (Å²) in [6.45, 7) is 7.04. The van der Waals surface area contributed by atoms with E-state index in [1.807, 2.05) is 45.0 Å². The molecule has 0 aromatic heterocycles. The number of benzene rings is 2. The summed E-state index contributed by atoms with van der Waals surface area (Å²) < 4.78 is 11.1. The van der Waals surface area contributed by atoms with E-state index in [2.05, 4.69) is 17.4 Å². The predicted molar refractivity (Wildman–Crippen MR) is 100 cm³/mol. The molecule has 0 spiro atoms. The molecule has 2 aromatic carbocycles. The zero-order chi connectivity index (χ0) is 18.2. The number of ether oxygens (including phenoxy) is 2. The van der Waals surface area contributed by atoms with Gasteiger partial charge in [-0.3, -0.25) is 4.79 Å². The van der Waals surface area contributed by atoms with Gasteiger partial charge in [-0.1, -0.05) is 29.8 Å². The van der Waals surface area contributed by atoms with Gasteiger partial charge < -0.3 is 14.8 Å².